The largest absolute Gasteiger partial charge is 0.490 e. The molecule has 0 N–H and O–H groups in total. The van der Waals surface area contributed by atoms with Crippen molar-refractivity contribution in [3.63, 3.8) is 0 Å². The molecular weight excluding hydrogens is 488 g/mol. The van der Waals surface area contributed by atoms with Crippen LogP contribution in [0.2, 0.25) is 0 Å². The number of methoxy groups -OCH3 is 1. The first kappa shape index (κ1) is 27.1. The SMILES string of the molecule is CCn1nc(C(=O)Oc2c(C(=O)c3ccc(S(C)(=O)=O)c(OCCOC)c3C)cnn2CC)cc1C. The Labute approximate surface area is 209 Å². The first-order valence-corrected chi connectivity index (χ1v) is 13.2. The Bertz CT molecular complexity index is 1390. The summed E-state index contributed by atoms with van der Waals surface area (Å²) in [5.74, 6) is -1.17. The van der Waals surface area contributed by atoms with E-state index >= 15 is 0 Å². The Morgan fingerprint density at radius 3 is 2.31 bits per heavy atom. The van der Waals surface area contributed by atoms with Crippen LogP contribution in [0.5, 0.6) is 11.6 Å². The van der Waals surface area contributed by atoms with Crippen LogP contribution < -0.4 is 9.47 Å². The fourth-order valence-corrected chi connectivity index (χ4v) is 4.55. The second-order valence-electron chi connectivity index (χ2n) is 8.06. The highest BCUT2D eigenvalue weighted by Gasteiger charge is 2.28. The van der Waals surface area contributed by atoms with Gasteiger partial charge in [-0.2, -0.15) is 10.2 Å². The molecule has 0 radical (unpaired) electrons. The Morgan fingerprint density at radius 2 is 1.72 bits per heavy atom. The number of ketones is 1. The highest BCUT2D eigenvalue weighted by atomic mass is 32.2. The van der Waals surface area contributed by atoms with E-state index in [4.69, 9.17) is 14.2 Å². The fraction of sp³-hybridized carbons (Fsp3) is 0.417. The number of hydrogen-bond donors (Lipinski definition) is 0. The fourth-order valence-electron chi connectivity index (χ4n) is 3.69. The third-order valence-corrected chi connectivity index (χ3v) is 6.68. The lowest BCUT2D eigenvalue weighted by molar-refractivity contribution is 0.0709. The summed E-state index contributed by atoms with van der Waals surface area (Å²) < 4.78 is 44.0. The third-order valence-electron chi connectivity index (χ3n) is 5.56. The number of esters is 1. The van der Waals surface area contributed by atoms with Gasteiger partial charge in [0.15, 0.2) is 15.5 Å². The molecule has 3 rings (SSSR count). The lowest BCUT2D eigenvalue weighted by atomic mass is 10.00. The molecule has 36 heavy (non-hydrogen) atoms. The van der Waals surface area contributed by atoms with Crippen LogP contribution in [0.25, 0.3) is 0 Å². The van der Waals surface area contributed by atoms with Gasteiger partial charge in [-0.15, -0.1) is 0 Å². The number of aromatic nitrogens is 4. The monoisotopic (exact) mass is 518 g/mol. The van der Waals surface area contributed by atoms with Gasteiger partial charge in [-0.3, -0.25) is 9.48 Å². The minimum absolute atomic E-state index is 0.0235. The molecule has 0 spiro atoms. The summed E-state index contributed by atoms with van der Waals surface area (Å²) in [5.41, 5.74) is 1.48. The van der Waals surface area contributed by atoms with E-state index in [-0.39, 0.29) is 46.6 Å². The number of carbonyl (C=O) groups is 2. The molecule has 0 fully saturated rings. The smallest absolute Gasteiger partial charge is 0.365 e. The molecule has 2 heterocycles. The molecule has 2 aromatic heterocycles. The summed E-state index contributed by atoms with van der Waals surface area (Å²) in [6.07, 6.45) is 2.39. The average Bonchev–Trinajstić information content (AvgIpc) is 3.41. The van der Waals surface area contributed by atoms with Gasteiger partial charge >= 0.3 is 5.97 Å². The normalized spacial score (nSPS) is 11.5. The second-order valence-corrected chi connectivity index (χ2v) is 10.0. The lowest BCUT2D eigenvalue weighted by Crippen LogP contribution is -2.16. The Hall–Kier alpha value is -3.51. The first-order chi connectivity index (χ1) is 17.0. The molecule has 3 aromatic rings. The maximum atomic E-state index is 13.6. The van der Waals surface area contributed by atoms with Gasteiger partial charge in [0, 0.05) is 43.3 Å². The number of benzene rings is 1. The molecule has 12 heteroatoms. The van der Waals surface area contributed by atoms with Crippen molar-refractivity contribution < 1.29 is 32.2 Å². The molecule has 11 nitrogen and oxygen atoms in total. The summed E-state index contributed by atoms with van der Waals surface area (Å²) in [6.45, 7) is 8.39. The molecule has 0 aliphatic carbocycles. The quantitative estimate of drug-likeness (QED) is 0.213. The van der Waals surface area contributed by atoms with Crippen LogP contribution in [0.4, 0.5) is 0 Å². The number of nitrogens with zero attached hydrogens (tertiary/aromatic N) is 4. The van der Waals surface area contributed by atoms with Crippen molar-refractivity contribution in [2.45, 2.75) is 45.7 Å². The number of hydrogen-bond acceptors (Lipinski definition) is 9. The molecule has 0 atom stereocenters. The van der Waals surface area contributed by atoms with Crippen LogP contribution in [0.1, 0.15) is 51.5 Å². The number of sulfone groups is 1. The van der Waals surface area contributed by atoms with Crippen LogP contribution in [-0.4, -0.2) is 66.3 Å². The van der Waals surface area contributed by atoms with Crippen LogP contribution in [0.3, 0.4) is 0 Å². The van der Waals surface area contributed by atoms with E-state index in [1.807, 2.05) is 13.8 Å². The summed E-state index contributed by atoms with van der Waals surface area (Å²) >= 11 is 0. The van der Waals surface area contributed by atoms with Gasteiger partial charge in [0.2, 0.25) is 11.7 Å². The topological polar surface area (TPSA) is 132 Å². The molecule has 0 bridgehead atoms. The molecule has 0 amide bonds. The third kappa shape index (κ3) is 5.49. The van der Waals surface area contributed by atoms with E-state index in [0.29, 0.717) is 18.7 Å². The lowest BCUT2D eigenvalue weighted by Gasteiger charge is -2.16. The number of rotatable bonds is 11. The molecule has 0 aliphatic heterocycles. The zero-order valence-corrected chi connectivity index (χ0v) is 22.0. The summed E-state index contributed by atoms with van der Waals surface area (Å²) in [6, 6.07) is 4.35. The molecule has 1 aromatic carbocycles. The van der Waals surface area contributed by atoms with Crippen LogP contribution in [-0.2, 0) is 27.7 Å². The average molecular weight is 519 g/mol. The van der Waals surface area contributed by atoms with Crippen molar-refractivity contribution in [3.8, 4) is 11.6 Å². The van der Waals surface area contributed by atoms with Crippen LogP contribution in [0, 0.1) is 13.8 Å². The van der Waals surface area contributed by atoms with Crippen molar-refractivity contribution >= 4 is 21.6 Å². The van der Waals surface area contributed by atoms with Crippen molar-refractivity contribution in [3.05, 3.63) is 52.5 Å². The van der Waals surface area contributed by atoms with Crippen LogP contribution in [0.15, 0.2) is 29.3 Å². The number of carbonyl (C=O) groups excluding carboxylic acids is 2. The van der Waals surface area contributed by atoms with E-state index in [1.165, 1.54) is 30.1 Å². The maximum absolute atomic E-state index is 13.6. The van der Waals surface area contributed by atoms with E-state index in [1.54, 1.807) is 24.6 Å². The highest BCUT2D eigenvalue weighted by molar-refractivity contribution is 7.90. The molecular formula is C24H30N4O7S. The van der Waals surface area contributed by atoms with Gasteiger partial charge in [0.1, 0.15) is 22.8 Å². The molecule has 0 aliphatic rings. The Balaban J connectivity index is 2.03. The van der Waals surface area contributed by atoms with E-state index in [2.05, 4.69) is 10.2 Å². The second kappa shape index (κ2) is 11.0. The van der Waals surface area contributed by atoms with Crippen molar-refractivity contribution in [2.75, 3.05) is 26.6 Å². The van der Waals surface area contributed by atoms with E-state index in [0.717, 1.165) is 11.9 Å². The van der Waals surface area contributed by atoms with E-state index in [9.17, 15) is 18.0 Å². The Morgan fingerprint density at radius 1 is 1.03 bits per heavy atom. The van der Waals surface area contributed by atoms with Crippen molar-refractivity contribution in [1.82, 2.24) is 19.6 Å². The zero-order chi connectivity index (χ0) is 26.6. The van der Waals surface area contributed by atoms with Gasteiger partial charge in [0.05, 0.1) is 12.8 Å². The standard InChI is InChI=1S/C24H30N4O7S/c1-7-27-15(3)13-19(26-27)24(30)35-23-18(14-25-28(23)8-2)21(29)17-9-10-20(36(6,31)32)22(16(17)4)34-12-11-33-5/h9-10,13-14H,7-8,11-12H2,1-6H3. The van der Waals surface area contributed by atoms with Gasteiger partial charge < -0.3 is 14.2 Å². The molecule has 0 unspecified atom stereocenters. The predicted octanol–water partition coefficient (Wildman–Crippen LogP) is 2.62. The minimum Gasteiger partial charge on any atom is -0.490 e. The van der Waals surface area contributed by atoms with Gasteiger partial charge in [-0.1, -0.05) is 0 Å². The Kier molecular flexibility index (Phi) is 8.31. The van der Waals surface area contributed by atoms with Gasteiger partial charge in [-0.25, -0.2) is 17.9 Å². The maximum Gasteiger partial charge on any atom is 0.365 e. The number of ether oxygens (including phenoxy) is 3. The molecule has 0 saturated carbocycles. The van der Waals surface area contributed by atoms with E-state index < -0.39 is 21.6 Å². The summed E-state index contributed by atoms with van der Waals surface area (Å²) in [5, 5.41) is 8.42. The van der Waals surface area contributed by atoms with Gasteiger partial charge in [-0.05, 0) is 45.9 Å². The van der Waals surface area contributed by atoms with Crippen LogP contribution >= 0.6 is 0 Å². The molecule has 194 valence electrons. The minimum atomic E-state index is -3.63. The van der Waals surface area contributed by atoms with Gasteiger partial charge in [0.25, 0.3) is 0 Å². The van der Waals surface area contributed by atoms with Crippen molar-refractivity contribution in [1.29, 1.82) is 0 Å². The predicted molar refractivity (Wildman–Crippen MR) is 131 cm³/mol. The number of aryl methyl sites for hydroxylation is 3. The summed E-state index contributed by atoms with van der Waals surface area (Å²) in [4.78, 5) is 26.4. The summed E-state index contributed by atoms with van der Waals surface area (Å²) in [7, 11) is -2.13. The molecule has 0 saturated heterocycles. The first-order valence-electron chi connectivity index (χ1n) is 11.4. The van der Waals surface area contributed by atoms with Crippen molar-refractivity contribution in [2.24, 2.45) is 0 Å². The highest BCUT2D eigenvalue weighted by Crippen LogP contribution is 2.33. The zero-order valence-electron chi connectivity index (χ0n) is 21.2.